The Hall–Kier alpha value is -2.60. The third-order valence-electron chi connectivity index (χ3n) is 5.41. The van der Waals surface area contributed by atoms with Crippen LogP contribution in [0.25, 0.3) is 12.2 Å². The van der Waals surface area contributed by atoms with E-state index >= 15 is 0 Å². The molecule has 0 amide bonds. The van der Waals surface area contributed by atoms with Gasteiger partial charge in [-0.15, -0.1) is 0 Å². The first-order valence-electron chi connectivity index (χ1n) is 10.1. The largest absolute Gasteiger partial charge is 0.0761 e. The van der Waals surface area contributed by atoms with Crippen molar-refractivity contribution in [2.24, 2.45) is 5.41 Å². The van der Waals surface area contributed by atoms with Gasteiger partial charge in [0.05, 0.1) is 0 Å². The van der Waals surface area contributed by atoms with Gasteiger partial charge >= 0.3 is 0 Å². The SMILES string of the molecule is CCc1ccccc1/C=C/C1=CCC(C)(/C=C/c2ccccc2CC)C=C1. The Morgan fingerprint density at radius 3 is 1.96 bits per heavy atom. The molecule has 0 heterocycles. The highest BCUT2D eigenvalue weighted by Gasteiger charge is 2.18. The highest BCUT2D eigenvalue weighted by Crippen LogP contribution is 2.32. The van der Waals surface area contributed by atoms with Gasteiger partial charge in [-0.3, -0.25) is 0 Å². The van der Waals surface area contributed by atoms with Gasteiger partial charge in [0.15, 0.2) is 0 Å². The van der Waals surface area contributed by atoms with Crippen molar-refractivity contribution in [3.8, 4) is 0 Å². The highest BCUT2D eigenvalue weighted by atomic mass is 14.2. The lowest BCUT2D eigenvalue weighted by Crippen LogP contribution is -2.11. The van der Waals surface area contributed by atoms with Gasteiger partial charge in [-0.1, -0.05) is 112 Å². The maximum atomic E-state index is 2.35. The van der Waals surface area contributed by atoms with E-state index in [1.807, 2.05) is 0 Å². The minimum Gasteiger partial charge on any atom is -0.0761 e. The van der Waals surface area contributed by atoms with Crippen molar-refractivity contribution in [3.05, 3.63) is 107 Å². The quantitative estimate of drug-likeness (QED) is 0.506. The molecular weight excluding hydrogens is 324 g/mol. The monoisotopic (exact) mass is 354 g/mol. The summed E-state index contributed by atoms with van der Waals surface area (Å²) >= 11 is 0. The molecule has 0 nitrogen and oxygen atoms in total. The second-order valence-corrected chi connectivity index (χ2v) is 7.52. The van der Waals surface area contributed by atoms with E-state index in [1.54, 1.807) is 0 Å². The molecule has 2 aromatic carbocycles. The minimum absolute atomic E-state index is 0.0829. The first-order chi connectivity index (χ1) is 13.1. The van der Waals surface area contributed by atoms with Crippen molar-refractivity contribution in [1.29, 1.82) is 0 Å². The van der Waals surface area contributed by atoms with Crippen molar-refractivity contribution in [2.45, 2.75) is 40.0 Å². The van der Waals surface area contributed by atoms with E-state index in [2.05, 4.69) is 112 Å². The van der Waals surface area contributed by atoms with Crippen LogP contribution in [0, 0.1) is 5.41 Å². The van der Waals surface area contributed by atoms with Crippen molar-refractivity contribution < 1.29 is 0 Å². The number of allylic oxidation sites excluding steroid dienone is 6. The van der Waals surface area contributed by atoms with Gasteiger partial charge in [0.1, 0.15) is 0 Å². The smallest absolute Gasteiger partial charge is 0.00740 e. The Bertz CT molecular complexity index is 892. The lowest BCUT2D eigenvalue weighted by Gasteiger charge is -2.24. The average molecular weight is 355 g/mol. The van der Waals surface area contributed by atoms with Crippen molar-refractivity contribution in [3.63, 3.8) is 0 Å². The van der Waals surface area contributed by atoms with Crippen LogP contribution < -0.4 is 0 Å². The molecule has 0 spiro atoms. The molecule has 1 unspecified atom stereocenters. The van der Waals surface area contributed by atoms with E-state index in [0.717, 1.165) is 19.3 Å². The van der Waals surface area contributed by atoms with Gasteiger partial charge in [-0.2, -0.15) is 0 Å². The van der Waals surface area contributed by atoms with E-state index in [9.17, 15) is 0 Å². The Morgan fingerprint density at radius 1 is 0.815 bits per heavy atom. The van der Waals surface area contributed by atoms with E-state index in [1.165, 1.54) is 27.8 Å². The summed E-state index contributed by atoms with van der Waals surface area (Å²) in [6.07, 6.45) is 19.2. The molecule has 0 bridgehead atoms. The molecule has 0 N–H and O–H groups in total. The molecule has 3 rings (SSSR count). The van der Waals surface area contributed by atoms with Crippen molar-refractivity contribution >= 4 is 12.2 Å². The zero-order chi connectivity index (χ0) is 19.1. The molecule has 1 aliphatic carbocycles. The van der Waals surface area contributed by atoms with Crippen LogP contribution in [-0.4, -0.2) is 0 Å². The second-order valence-electron chi connectivity index (χ2n) is 7.52. The number of benzene rings is 2. The predicted molar refractivity (Wildman–Crippen MR) is 120 cm³/mol. The molecule has 27 heavy (non-hydrogen) atoms. The van der Waals surface area contributed by atoms with Gasteiger partial charge in [0.2, 0.25) is 0 Å². The fourth-order valence-corrected chi connectivity index (χ4v) is 3.51. The molecule has 0 aliphatic heterocycles. The van der Waals surface area contributed by atoms with E-state index < -0.39 is 0 Å². The zero-order valence-corrected chi connectivity index (χ0v) is 16.8. The highest BCUT2D eigenvalue weighted by molar-refractivity contribution is 5.59. The van der Waals surface area contributed by atoms with Gasteiger partial charge in [0.25, 0.3) is 0 Å². The van der Waals surface area contributed by atoms with Crippen LogP contribution in [0.15, 0.2) is 84.5 Å². The van der Waals surface area contributed by atoms with Crippen LogP contribution in [-0.2, 0) is 12.8 Å². The average Bonchev–Trinajstić information content (AvgIpc) is 2.72. The summed E-state index contributed by atoms with van der Waals surface area (Å²) in [5, 5.41) is 0. The molecular formula is C27H30. The third-order valence-corrected chi connectivity index (χ3v) is 5.41. The number of aryl methyl sites for hydroxylation is 2. The first kappa shape index (κ1) is 19.2. The Balaban J connectivity index is 1.69. The van der Waals surface area contributed by atoms with Crippen LogP contribution in [0.4, 0.5) is 0 Å². The lowest BCUT2D eigenvalue weighted by molar-refractivity contribution is 0.557. The van der Waals surface area contributed by atoms with Crippen LogP contribution in [0.3, 0.4) is 0 Å². The summed E-state index contributed by atoms with van der Waals surface area (Å²) in [5.41, 5.74) is 6.83. The molecule has 2 aromatic rings. The van der Waals surface area contributed by atoms with E-state index in [0.29, 0.717) is 0 Å². The fourth-order valence-electron chi connectivity index (χ4n) is 3.51. The predicted octanol–water partition coefficient (Wildman–Crippen LogP) is 7.43. The Kier molecular flexibility index (Phi) is 6.29. The molecule has 0 radical (unpaired) electrons. The Morgan fingerprint density at radius 2 is 1.41 bits per heavy atom. The summed E-state index contributed by atoms with van der Waals surface area (Å²) in [4.78, 5) is 0. The molecule has 1 atom stereocenters. The van der Waals surface area contributed by atoms with Crippen LogP contribution in [0.1, 0.15) is 49.4 Å². The molecule has 0 saturated heterocycles. The summed E-state index contributed by atoms with van der Waals surface area (Å²) in [6.45, 7) is 6.73. The molecule has 0 saturated carbocycles. The second kappa shape index (κ2) is 8.86. The summed E-state index contributed by atoms with van der Waals surface area (Å²) in [7, 11) is 0. The zero-order valence-electron chi connectivity index (χ0n) is 16.8. The molecule has 1 aliphatic rings. The molecule has 0 heteroatoms. The standard InChI is InChI=1S/C27H30/c1-4-23-10-6-8-12-25(23)15-14-22-16-19-27(3,20-17-22)21-18-26-13-9-7-11-24(26)5-2/h6-19,21H,4-5,20H2,1-3H3/b15-14+,21-18+. The number of hydrogen-bond donors (Lipinski definition) is 0. The summed E-state index contributed by atoms with van der Waals surface area (Å²) in [6, 6.07) is 17.3. The maximum absolute atomic E-state index is 2.35. The molecule has 138 valence electrons. The maximum Gasteiger partial charge on any atom is 0.00740 e. The summed E-state index contributed by atoms with van der Waals surface area (Å²) in [5.74, 6) is 0. The van der Waals surface area contributed by atoms with E-state index in [4.69, 9.17) is 0 Å². The van der Waals surface area contributed by atoms with Gasteiger partial charge < -0.3 is 0 Å². The van der Waals surface area contributed by atoms with Gasteiger partial charge in [-0.05, 0) is 47.1 Å². The van der Waals surface area contributed by atoms with Crippen molar-refractivity contribution in [1.82, 2.24) is 0 Å². The number of rotatable bonds is 6. The van der Waals surface area contributed by atoms with E-state index in [-0.39, 0.29) is 5.41 Å². The topological polar surface area (TPSA) is 0 Å². The third kappa shape index (κ3) is 4.98. The van der Waals surface area contributed by atoms with Crippen LogP contribution >= 0.6 is 0 Å². The molecule has 0 fully saturated rings. The van der Waals surface area contributed by atoms with Gasteiger partial charge in [-0.25, -0.2) is 0 Å². The Labute approximate surface area is 164 Å². The van der Waals surface area contributed by atoms with Crippen LogP contribution in [0.5, 0.6) is 0 Å². The minimum atomic E-state index is 0.0829. The van der Waals surface area contributed by atoms with Crippen LogP contribution in [0.2, 0.25) is 0 Å². The van der Waals surface area contributed by atoms with Gasteiger partial charge in [0, 0.05) is 5.41 Å². The molecule has 0 aromatic heterocycles. The normalized spacial score (nSPS) is 19.7. The fraction of sp³-hybridized carbons (Fsp3) is 0.259. The first-order valence-corrected chi connectivity index (χ1v) is 10.1. The number of hydrogen-bond acceptors (Lipinski definition) is 0. The van der Waals surface area contributed by atoms with Crippen molar-refractivity contribution in [2.75, 3.05) is 0 Å². The summed E-state index contributed by atoms with van der Waals surface area (Å²) < 4.78 is 0. The lowest BCUT2D eigenvalue weighted by atomic mass is 9.81.